The predicted octanol–water partition coefficient (Wildman–Crippen LogP) is 1.27. The Morgan fingerprint density at radius 1 is 1.71 bits per heavy atom. The van der Waals surface area contributed by atoms with E-state index in [0.717, 1.165) is 6.42 Å². The summed E-state index contributed by atoms with van der Waals surface area (Å²) in [4.78, 5) is 13.9. The van der Waals surface area contributed by atoms with Crippen LogP contribution in [0.15, 0.2) is 18.5 Å². The highest BCUT2D eigenvalue weighted by atomic mass is 16.6. The fourth-order valence-electron chi connectivity index (χ4n) is 1.18. The van der Waals surface area contributed by atoms with Gasteiger partial charge in [0.2, 0.25) is 0 Å². The summed E-state index contributed by atoms with van der Waals surface area (Å²) in [5, 5.41) is 10.6. The normalized spacial score (nSPS) is 12.4. The Labute approximate surface area is 82.1 Å². The van der Waals surface area contributed by atoms with E-state index in [1.807, 2.05) is 6.92 Å². The van der Waals surface area contributed by atoms with Crippen molar-refractivity contribution in [1.29, 1.82) is 0 Å². The molecule has 14 heavy (non-hydrogen) atoms. The maximum absolute atomic E-state index is 10.6. The Bertz CT molecular complexity index is 328. The number of nitro groups is 1. The van der Waals surface area contributed by atoms with Crippen molar-refractivity contribution in [2.24, 2.45) is 5.73 Å². The van der Waals surface area contributed by atoms with E-state index in [-0.39, 0.29) is 11.7 Å². The van der Waals surface area contributed by atoms with Crippen LogP contribution in [0.25, 0.3) is 0 Å². The minimum absolute atomic E-state index is 0.0314. The van der Waals surface area contributed by atoms with Crippen LogP contribution < -0.4 is 5.73 Å². The molecule has 0 saturated heterocycles. The lowest BCUT2D eigenvalue weighted by Gasteiger charge is -2.07. The molecule has 5 heteroatoms. The van der Waals surface area contributed by atoms with Crippen molar-refractivity contribution in [1.82, 2.24) is 4.98 Å². The Kier molecular flexibility index (Phi) is 3.53. The molecule has 0 fully saturated rings. The van der Waals surface area contributed by atoms with E-state index >= 15 is 0 Å². The molecule has 1 aromatic heterocycles. The molecule has 0 saturated carbocycles. The van der Waals surface area contributed by atoms with Crippen molar-refractivity contribution in [2.75, 3.05) is 0 Å². The van der Waals surface area contributed by atoms with E-state index in [1.54, 1.807) is 12.3 Å². The molecule has 1 aromatic rings. The molecule has 0 aliphatic heterocycles. The van der Waals surface area contributed by atoms with Crippen LogP contribution in [0.2, 0.25) is 0 Å². The Morgan fingerprint density at radius 2 is 2.43 bits per heavy atom. The van der Waals surface area contributed by atoms with Crippen molar-refractivity contribution in [3.8, 4) is 0 Å². The van der Waals surface area contributed by atoms with Gasteiger partial charge in [-0.2, -0.15) is 0 Å². The molecule has 0 aromatic carbocycles. The molecule has 1 heterocycles. The maximum atomic E-state index is 10.6. The topological polar surface area (TPSA) is 82.0 Å². The minimum atomic E-state index is -0.426. The van der Waals surface area contributed by atoms with E-state index in [9.17, 15) is 10.1 Å². The summed E-state index contributed by atoms with van der Waals surface area (Å²) in [6.07, 6.45) is 4.14. The Hall–Kier alpha value is -1.49. The van der Waals surface area contributed by atoms with Crippen molar-refractivity contribution in [3.63, 3.8) is 0 Å². The smallest absolute Gasteiger partial charge is 0.290 e. The molecule has 0 spiro atoms. The highest BCUT2D eigenvalue weighted by molar-refractivity contribution is 5.37. The molecule has 0 amide bonds. The van der Waals surface area contributed by atoms with Crippen molar-refractivity contribution in [2.45, 2.75) is 25.8 Å². The molecule has 5 nitrogen and oxygen atoms in total. The van der Waals surface area contributed by atoms with Gasteiger partial charge in [0.05, 0.1) is 4.92 Å². The van der Waals surface area contributed by atoms with Gasteiger partial charge in [0.1, 0.15) is 6.20 Å². The molecule has 0 bridgehead atoms. The van der Waals surface area contributed by atoms with Gasteiger partial charge in [0.25, 0.3) is 5.69 Å². The standard InChI is InChI=1S/C9H13N3O2/c1-2-8(10)5-7-3-4-11-6-9(7)12(13)14/h3-4,6,8H,2,5,10H2,1H3. The van der Waals surface area contributed by atoms with E-state index in [2.05, 4.69) is 4.98 Å². The summed E-state index contributed by atoms with van der Waals surface area (Å²) in [6, 6.07) is 1.62. The van der Waals surface area contributed by atoms with E-state index in [4.69, 9.17) is 5.73 Å². The second kappa shape index (κ2) is 4.66. The highest BCUT2D eigenvalue weighted by Gasteiger charge is 2.14. The molecule has 0 aliphatic rings. The van der Waals surface area contributed by atoms with Crippen molar-refractivity contribution >= 4 is 5.69 Å². The summed E-state index contributed by atoms with van der Waals surface area (Å²) in [5.74, 6) is 0. The van der Waals surface area contributed by atoms with Crippen LogP contribution in [-0.4, -0.2) is 15.9 Å². The first-order valence-electron chi connectivity index (χ1n) is 4.48. The van der Waals surface area contributed by atoms with Gasteiger partial charge in [-0.25, -0.2) is 0 Å². The number of nitrogens with zero attached hydrogens (tertiary/aromatic N) is 2. The lowest BCUT2D eigenvalue weighted by atomic mass is 10.0. The number of rotatable bonds is 4. The van der Waals surface area contributed by atoms with Gasteiger partial charge >= 0.3 is 0 Å². The fraction of sp³-hybridized carbons (Fsp3) is 0.444. The van der Waals surface area contributed by atoms with Crippen LogP contribution in [-0.2, 0) is 6.42 Å². The van der Waals surface area contributed by atoms with Gasteiger partial charge in [0, 0.05) is 17.8 Å². The number of aromatic nitrogens is 1. The van der Waals surface area contributed by atoms with Gasteiger partial charge in [0.15, 0.2) is 0 Å². The second-order valence-electron chi connectivity index (χ2n) is 3.13. The van der Waals surface area contributed by atoms with Crippen LogP contribution in [0.3, 0.4) is 0 Å². The van der Waals surface area contributed by atoms with Crippen LogP contribution in [0.1, 0.15) is 18.9 Å². The zero-order valence-corrected chi connectivity index (χ0v) is 8.01. The Morgan fingerprint density at radius 3 is 3.00 bits per heavy atom. The summed E-state index contributed by atoms with van der Waals surface area (Å²) in [5.41, 5.74) is 6.44. The molecule has 1 rings (SSSR count). The molecule has 1 unspecified atom stereocenters. The van der Waals surface area contributed by atoms with Gasteiger partial charge in [-0.3, -0.25) is 15.1 Å². The molecular weight excluding hydrogens is 182 g/mol. The third kappa shape index (κ3) is 2.50. The summed E-state index contributed by atoms with van der Waals surface area (Å²) in [7, 11) is 0. The van der Waals surface area contributed by atoms with Gasteiger partial charge in [-0.05, 0) is 18.9 Å². The maximum Gasteiger partial charge on any atom is 0.290 e. The second-order valence-corrected chi connectivity index (χ2v) is 3.13. The number of hydrogen-bond donors (Lipinski definition) is 1. The Balaban J connectivity index is 2.90. The van der Waals surface area contributed by atoms with E-state index < -0.39 is 4.92 Å². The molecule has 0 radical (unpaired) electrons. The van der Waals surface area contributed by atoms with Crippen LogP contribution in [0, 0.1) is 10.1 Å². The lowest BCUT2D eigenvalue weighted by Crippen LogP contribution is -2.21. The van der Waals surface area contributed by atoms with Crippen LogP contribution in [0.5, 0.6) is 0 Å². The summed E-state index contributed by atoms with van der Waals surface area (Å²) in [6.45, 7) is 1.96. The summed E-state index contributed by atoms with van der Waals surface area (Å²) < 4.78 is 0. The van der Waals surface area contributed by atoms with Gasteiger partial charge in [-0.1, -0.05) is 6.92 Å². The zero-order chi connectivity index (χ0) is 10.6. The monoisotopic (exact) mass is 195 g/mol. The average Bonchev–Trinajstić information content (AvgIpc) is 2.18. The van der Waals surface area contributed by atoms with Gasteiger partial charge < -0.3 is 5.73 Å². The predicted molar refractivity (Wildman–Crippen MR) is 52.9 cm³/mol. The number of nitrogens with two attached hydrogens (primary N) is 1. The third-order valence-electron chi connectivity index (χ3n) is 2.09. The minimum Gasteiger partial charge on any atom is -0.327 e. The van der Waals surface area contributed by atoms with Crippen molar-refractivity contribution in [3.05, 3.63) is 34.1 Å². The molecule has 2 N–H and O–H groups in total. The lowest BCUT2D eigenvalue weighted by molar-refractivity contribution is -0.385. The first-order valence-corrected chi connectivity index (χ1v) is 4.48. The average molecular weight is 195 g/mol. The fourth-order valence-corrected chi connectivity index (χ4v) is 1.18. The van der Waals surface area contributed by atoms with E-state index in [0.29, 0.717) is 12.0 Å². The SMILES string of the molecule is CCC(N)Cc1ccncc1[N+](=O)[O-]. The van der Waals surface area contributed by atoms with E-state index in [1.165, 1.54) is 6.20 Å². The van der Waals surface area contributed by atoms with Crippen molar-refractivity contribution < 1.29 is 4.92 Å². The largest absolute Gasteiger partial charge is 0.327 e. The zero-order valence-electron chi connectivity index (χ0n) is 8.01. The first kappa shape index (κ1) is 10.6. The first-order chi connectivity index (χ1) is 6.65. The van der Waals surface area contributed by atoms with Crippen LogP contribution >= 0.6 is 0 Å². The number of hydrogen-bond acceptors (Lipinski definition) is 4. The molecule has 76 valence electrons. The molecular formula is C9H13N3O2. The molecule has 0 aliphatic carbocycles. The van der Waals surface area contributed by atoms with Crippen LogP contribution in [0.4, 0.5) is 5.69 Å². The highest BCUT2D eigenvalue weighted by Crippen LogP contribution is 2.17. The van der Waals surface area contributed by atoms with Gasteiger partial charge in [-0.15, -0.1) is 0 Å². The quantitative estimate of drug-likeness (QED) is 0.579. The molecule has 1 atom stereocenters. The summed E-state index contributed by atoms with van der Waals surface area (Å²) >= 11 is 0. The number of pyridine rings is 1. The third-order valence-corrected chi connectivity index (χ3v) is 2.09.